The molecule has 1 N–H and O–H groups in total. The molecule has 0 radical (unpaired) electrons. The Morgan fingerprint density at radius 2 is 2.00 bits per heavy atom. The second-order valence-corrected chi connectivity index (χ2v) is 7.40. The van der Waals surface area contributed by atoms with Gasteiger partial charge in [0, 0.05) is 18.3 Å². The molecule has 0 saturated heterocycles. The quantitative estimate of drug-likeness (QED) is 0.391. The summed E-state index contributed by atoms with van der Waals surface area (Å²) in [5.41, 5.74) is 3.37. The van der Waals surface area contributed by atoms with Crippen LogP contribution in [0, 0.1) is 0 Å². The fourth-order valence-corrected chi connectivity index (χ4v) is 3.17. The average Bonchev–Trinajstić information content (AvgIpc) is 2.77. The van der Waals surface area contributed by atoms with E-state index in [9.17, 15) is 4.79 Å². The highest BCUT2D eigenvalue weighted by molar-refractivity contribution is 5.88. The predicted molar refractivity (Wildman–Crippen MR) is 122 cm³/mol. The van der Waals surface area contributed by atoms with Gasteiger partial charge in [-0.1, -0.05) is 37.6 Å². The summed E-state index contributed by atoms with van der Waals surface area (Å²) >= 11 is 0. The minimum Gasteiger partial charge on any atom is -0.497 e. The number of benzene rings is 1. The zero-order valence-electron chi connectivity index (χ0n) is 18.3. The lowest BCUT2D eigenvalue weighted by Crippen LogP contribution is -2.31. The molecule has 160 valence electrons. The first-order chi connectivity index (χ1) is 14.6. The molecule has 1 aromatic heterocycles. The Morgan fingerprint density at radius 3 is 2.67 bits per heavy atom. The van der Waals surface area contributed by atoms with E-state index in [0.717, 1.165) is 55.5 Å². The molecule has 5 nitrogen and oxygen atoms in total. The van der Waals surface area contributed by atoms with E-state index in [1.54, 1.807) is 19.4 Å². The second-order valence-electron chi connectivity index (χ2n) is 7.40. The van der Waals surface area contributed by atoms with Crippen LogP contribution in [0.3, 0.4) is 0 Å². The molecule has 1 aromatic carbocycles. The molecular weight excluding hydrogens is 374 g/mol. The van der Waals surface area contributed by atoms with Gasteiger partial charge in [0.25, 0.3) is 0 Å². The summed E-state index contributed by atoms with van der Waals surface area (Å²) in [5.74, 6) is 0.777. The predicted octanol–water partition coefficient (Wildman–Crippen LogP) is 5.14. The number of unbranched alkanes of at least 4 members (excludes halogenated alkanes) is 1. The fourth-order valence-electron chi connectivity index (χ4n) is 3.17. The number of methoxy groups -OCH3 is 1. The van der Waals surface area contributed by atoms with Gasteiger partial charge < -0.3 is 10.1 Å². The summed E-state index contributed by atoms with van der Waals surface area (Å²) in [6.07, 6.45) is 13.1. The highest BCUT2D eigenvalue weighted by Crippen LogP contribution is 2.23. The van der Waals surface area contributed by atoms with Gasteiger partial charge in [-0.05, 0) is 74.4 Å². The molecule has 0 unspecified atom stereocenters. The Bertz CT molecular complexity index is 814. The van der Waals surface area contributed by atoms with Gasteiger partial charge in [0.05, 0.1) is 12.8 Å². The highest BCUT2D eigenvalue weighted by atomic mass is 16.5. The van der Waals surface area contributed by atoms with E-state index in [1.807, 2.05) is 43.3 Å². The SMILES string of the molecule is CCCC/C(=C\C=C\C(=O)N[C@H](C)CCCc1cccnn1)c1ccc(OC)cc1. The maximum absolute atomic E-state index is 12.2. The Labute approximate surface area is 180 Å². The van der Waals surface area contributed by atoms with Crippen LogP contribution < -0.4 is 10.1 Å². The number of allylic oxidation sites excluding steroid dienone is 3. The van der Waals surface area contributed by atoms with Crippen molar-refractivity contribution in [1.82, 2.24) is 15.5 Å². The van der Waals surface area contributed by atoms with E-state index >= 15 is 0 Å². The van der Waals surface area contributed by atoms with Crippen molar-refractivity contribution in [3.63, 3.8) is 0 Å². The van der Waals surface area contributed by atoms with Gasteiger partial charge in [0.1, 0.15) is 5.75 Å². The average molecular weight is 408 g/mol. The molecule has 0 saturated carbocycles. The molecule has 0 aliphatic carbocycles. The number of aromatic nitrogens is 2. The number of hydrogen-bond acceptors (Lipinski definition) is 4. The topological polar surface area (TPSA) is 64.1 Å². The van der Waals surface area contributed by atoms with Crippen LogP contribution in [0.1, 0.15) is 57.2 Å². The monoisotopic (exact) mass is 407 g/mol. The molecule has 2 aromatic rings. The molecule has 0 aliphatic heterocycles. The van der Waals surface area contributed by atoms with Crippen molar-refractivity contribution in [1.29, 1.82) is 0 Å². The summed E-state index contributed by atoms with van der Waals surface area (Å²) in [7, 11) is 1.67. The van der Waals surface area contributed by atoms with E-state index in [4.69, 9.17) is 4.74 Å². The lowest BCUT2D eigenvalue weighted by atomic mass is 9.99. The minimum absolute atomic E-state index is 0.0668. The first-order valence-corrected chi connectivity index (χ1v) is 10.7. The third-order valence-electron chi connectivity index (χ3n) is 4.89. The van der Waals surface area contributed by atoms with Crippen molar-refractivity contribution in [2.24, 2.45) is 0 Å². The van der Waals surface area contributed by atoms with Crippen molar-refractivity contribution < 1.29 is 9.53 Å². The van der Waals surface area contributed by atoms with Crippen molar-refractivity contribution in [3.05, 3.63) is 72.1 Å². The molecule has 30 heavy (non-hydrogen) atoms. The number of nitrogens with one attached hydrogen (secondary N) is 1. The van der Waals surface area contributed by atoms with Crippen LogP contribution in [-0.2, 0) is 11.2 Å². The molecule has 1 heterocycles. The first kappa shape index (κ1) is 23.3. The third kappa shape index (κ3) is 8.60. The van der Waals surface area contributed by atoms with Crippen LogP contribution in [0.15, 0.2) is 60.8 Å². The number of nitrogens with zero attached hydrogens (tertiary/aromatic N) is 2. The largest absolute Gasteiger partial charge is 0.497 e. The van der Waals surface area contributed by atoms with Crippen molar-refractivity contribution in [3.8, 4) is 5.75 Å². The van der Waals surface area contributed by atoms with Crippen LogP contribution in [0.25, 0.3) is 5.57 Å². The third-order valence-corrected chi connectivity index (χ3v) is 4.89. The molecule has 0 bridgehead atoms. The fraction of sp³-hybridized carbons (Fsp3) is 0.400. The van der Waals surface area contributed by atoms with Crippen LogP contribution in [-0.4, -0.2) is 29.3 Å². The molecule has 0 spiro atoms. The van der Waals surface area contributed by atoms with E-state index < -0.39 is 0 Å². The van der Waals surface area contributed by atoms with Gasteiger partial charge in [-0.3, -0.25) is 4.79 Å². The van der Waals surface area contributed by atoms with E-state index in [-0.39, 0.29) is 11.9 Å². The van der Waals surface area contributed by atoms with Crippen LogP contribution >= 0.6 is 0 Å². The normalized spacial score (nSPS) is 12.7. The zero-order chi connectivity index (χ0) is 21.6. The van der Waals surface area contributed by atoms with Gasteiger partial charge in [-0.25, -0.2) is 0 Å². The second kappa shape index (κ2) is 13.3. The Morgan fingerprint density at radius 1 is 1.20 bits per heavy atom. The smallest absolute Gasteiger partial charge is 0.244 e. The lowest BCUT2D eigenvalue weighted by molar-refractivity contribution is -0.117. The van der Waals surface area contributed by atoms with E-state index in [0.29, 0.717) is 0 Å². The van der Waals surface area contributed by atoms with Crippen LogP contribution in [0.2, 0.25) is 0 Å². The molecular formula is C25H33N3O2. The van der Waals surface area contributed by atoms with Gasteiger partial charge in [0.2, 0.25) is 5.91 Å². The van der Waals surface area contributed by atoms with Gasteiger partial charge in [0.15, 0.2) is 0 Å². The number of aryl methyl sites for hydroxylation is 1. The molecule has 5 heteroatoms. The molecule has 0 fully saturated rings. The van der Waals surface area contributed by atoms with Crippen molar-refractivity contribution >= 4 is 11.5 Å². The van der Waals surface area contributed by atoms with E-state index in [1.165, 1.54) is 5.57 Å². The number of carbonyl (C=O) groups is 1. The summed E-state index contributed by atoms with van der Waals surface area (Å²) in [4.78, 5) is 12.2. The number of amides is 1. The Balaban J connectivity index is 1.85. The van der Waals surface area contributed by atoms with Gasteiger partial charge in [-0.15, -0.1) is 0 Å². The standard InChI is InChI=1S/C25H33N3O2/c1-4-5-10-21(22-15-17-24(30-3)18-16-22)11-7-14-25(29)27-20(2)9-6-12-23-13-8-19-26-28-23/h7-8,11,13-20H,4-6,9-10,12H2,1-3H3,(H,27,29)/b14-7+,21-11+/t20-/m1/s1. The summed E-state index contributed by atoms with van der Waals surface area (Å²) in [6, 6.07) is 12.0. The number of ether oxygens (including phenoxy) is 1. The van der Waals surface area contributed by atoms with Crippen molar-refractivity contribution in [2.75, 3.05) is 7.11 Å². The summed E-state index contributed by atoms with van der Waals surface area (Å²) in [5, 5.41) is 11.0. The number of rotatable bonds is 12. The van der Waals surface area contributed by atoms with Gasteiger partial charge >= 0.3 is 0 Å². The highest BCUT2D eigenvalue weighted by Gasteiger charge is 2.05. The Kier molecular flexibility index (Phi) is 10.3. The minimum atomic E-state index is -0.0668. The summed E-state index contributed by atoms with van der Waals surface area (Å²) < 4.78 is 5.24. The molecule has 2 rings (SSSR count). The number of carbonyl (C=O) groups excluding carboxylic acids is 1. The first-order valence-electron chi connectivity index (χ1n) is 10.7. The maximum atomic E-state index is 12.2. The molecule has 1 atom stereocenters. The number of hydrogen-bond donors (Lipinski definition) is 1. The molecule has 0 aliphatic rings. The molecule has 1 amide bonds. The van der Waals surface area contributed by atoms with Crippen LogP contribution in [0.4, 0.5) is 0 Å². The van der Waals surface area contributed by atoms with E-state index in [2.05, 4.69) is 34.6 Å². The maximum Gasteiger partial charge on any atom is 0.244 e. The zero-order valence-corrected chi connectivity index (χ0v) is 18.3. The van der Waals surface area contributed by atoms with Crippen LogP contribution in [0.5, 0.6) is 5.75 Å². The summed E-state index contributed by atoms with van der Waals surface area (Å²) in [6.45, 7) is 4.21. The van der Waals surface area contributed by atoms with Crippen molar-refractivity contribution in [2.45, 2.75) is 58.4 Å². The van der Waals surface area contributed by atoms with Gasteiger partial charge in [-0.2, -0.15) is 10.2 Å². The lowest BCUT2D eigenvalue weighted by Gasteiger charge is -2.12. The Hall–Kier alpha value is -2.95.